The number of carbonyl (C=O) groups is 3. The first-order chi connectivity index (χ1) is 14.4. The number of fused-ring (bicyclic) bond motifs is 1. The maximum atomic E-state index is 12.8. The summed E-state index contributed by atoms with van der Waals surface area (Å²) in [5.41, 5.74) is 0.316. The molecular formula is C21H25N3O5S. The van der Waals surface area contributed by atoms with Crippen molar-refractivity contribution in [1.82, 2.24) is 9.21 Å². The van der Waals surface area contributed by atoms with Crippen LogP contribution < -0.4 is 5.32 Å². The molecule has 2 atom stereocenters. The minimum Gasteiger partial charge on any atom is -0.324 e. The van der Waals surface area contributed by atoms with Gasteiger partial charge in [0.15, 0.2) is 0 Å². The molecule has 1 N–H and O–H groups in total. The number of nitrogens with one attached hydrogen (secondary N) is 1. The summed E-state index contributed by atoms with van der Waals surface area (Å²) in [4.78, 5) is 38.6. The van der Waals surface area contributed by atoms with Crippen LogP contribution in [0.2, 0.25) is 0 Å². The molecular weight excluding hydrogens is 406 g/mol. The molecule has 1 aliphatic carbocycles. The van der Waals surface area contributed by atoms with E-state index in [-0.39, 0.29) is 35.1 Å². The number of piperidine rings is 1. The number of allylic oxidation sites excluding steroid dienone is 2. The first-order valence-corrected chi connectivity index (χ1v) is 11.7. The van der Waals surface area contributed by atoms with Gasteiger partial charge in [-0.1, -0.05) is 24.6 Å². The smallest absolute Gasteiger partial charge is 0.244 e. The van der Waals surface area contributed by atoms with Gasteiger partial charge in [-0.25, -0.2) is 8.42 Å². The fourth-order valence-corrected chi connectivity index (χ4v) is 5.92. The normalized spacial score (nSPS) is 24.7. The number of likely N-dealkylation sites (tertiary alicyclic amines) is 1. The number of rotatable bonds is 5. The SMILES string of the molecule is O=C(CN1C(=O)[C@@H]2CC=CC[C@H]2C1=O)Nc1cccc(S(=O)(=O)N2CCCCC2)c1. The number of carbonyl (C=O) groups excluding carboxylic acids is 3. The molecule has 4 rings (SSSR count). The average Bonchev–Trinajstić information content (AvgIpc) is 2.99. The second kappa shape index (κ2) is 8.31. The number of hydrogen-bond donors (Lipinski definition) is 1. The van der Waals surface area contributed by atoms with Gasteiger partial charge in [-0.05, 0) is 43.9 Å². The predicted molar refractivity (Wildman–Crippen MR) is 110 cm³/mol. The van der Waals surface area contributed by atoms with E-state index in [9.17, 15) is 22.8 Å². The maximum Gasteiger partial charge on any atom is 0.244 e. The van der Waals surface area contributed by atoms with Gasteiger partial charge in [0, 0.05) is 18.8 Å². The minimum absolute atomic E-state index is 0.118. The van der Waals surface area contributed by atoms with Crippen molar-refractivity contribution < 1.29 is 22.8 Å². The van der Waals surface area contributed by atoms with Gasteiger partial charge in [-0.3, -0.25) is 19.3 Å². The summed E-state index contributed by atoms with van der Waals surface area (Å²) in [6, 6.07) is 6.08. The van der Waals surface area contributed by atoms with Crippen LogP contribution in [0.5, 0.6) is 0 Å². The summed E-state index contributed by atoms with van der Waals surface area (Å²) >= 11 is 0. The molecule has 1 aromatic rings. The quantitative estimate of drug-likeness (QED) is 0.565. The van der Waals surface area contributed by atoms with Gasteiger partial charge >= 0.3 is 0 Å². The molecule has 2 fully saturated rings. The number of amides is 3. The van der Waals surface area contributed by atoms with Crippen LogP contribution in [-0.2, 0) is 24.4 Å². The lowest BCUT2D eigenvalue weighted by Gasteiger charge is -2.26. The molecule has 0 radical (unpaired) electrons. The second-order valence-corrected chi connectivity index (χ2v) is 9.90. The zero-order valence-corrected chi connectivity index (χ0v) is 17.4. The fourth-order valence-electron chi connectivity index (χ4n) is 4.36. The summed E-state index contributed by atoms with van der Waals surface area (Å²) in [5.74, 6) is -1.92. The Balaban J connectivity index is 1.43. The van der Waals surface area contributed by atoms with Crippen LogP contribution in [0.1, 0.15) is 32.1 Å². The van der Waals surface area contributed by atoms with E-state index >= 15 is 0 Å². The molecule has 2 saturated heterocycles. The Kier molecular flexibility index (Phi) is 5.75. The van der Waals surface area contributed by atoms with Crippen molar-refractivity contribution >= 4 is 33.4 Å². The average molecular weight is 432 g/mol. The molecule has 2 aliphatic heterocycles. The largest absolute Gasteiger partial charge is 0.324 e. The Morgan fingerprint density at radius 1 is 1.00 bits per heavy atom. The van der Waals surface area contributed by atoms with E-state index in [1.807, 2.05) is 12.2 Å². The van der Waals surface area contributed by atoms with E-state index in [0.29, 0.717) is 31.6 Å². The van der Waals surface area contributed by atoms with E-state index < -0.39 is 15.9 Å². The maximum absolute atomic E-state index is 12.8. The van der Waals surface area contributed by atoms with E-state index in [4.69, 9.17) is 0 Å². The number of nitrogens with zero attached hydrogens (tertiary/aromatic N) is 2. The molecule has 0 spiro atoms. The van der Waals surface area contributed by atoms with Gasteiger partial charge in [0.25, 0.3) is 0 Å². The lowest BCUT2D eigenvalue weighted by molar-refractivity contribution is -0.142. The molecule has 0 bridgehead atoms. The molecule has 8 nitrogen and oxygen atoms in total. The molecule has 1 aromatic carbocycles. The molecule has 0 unspecified atom stereocenters. The molecule has 9 heteroatoms. The van der Waals surface area contributed by atoms with Gasteiger partial charge < -0.3 is 5.32 Å². The summed E-state index contributed by atoms with van der Waals surface area (Å²) in [5, 5.41) is 2.62. The van der Waals surface area contributed by atoms with Gasteiger partial charge in [-0.2, -0.15) is 4.31 Å². The number of imide groups is 1. The Morgan fingerprint density at radius 3 is 2.27 bits per heavy atom. The van der Waals surface area contributed by atoms with Gasteiger partial charge in [0.05, 0.1) is 16.7 Å². The first-order valence-electron chi connectivity index (χ1n) is 10.3. The van der Waals surface area contributed by atoms with Gasteiger partial charge in [0.1, 0.15) is 6.54 Å². The first kappa shape index (κ1) is 20.7. The van der Waals surface area contributed by atoms with Crippen molar-refractivity contribution in [2.75, 3.05) is 25.0 Å². The van der Waals surface area contributed by atoms with Crippen molar-refractivity contribution in [3.63, 3.8) is 0 Å². The zero-order valence-electron chi connectivity index (χ0n) is 16.6. The van der Waals surface area contributed by atoms with Crippen LogP contribution >= 0.6 is 0 Å². The van der Waals surface area contributed by atoms with Crippen LogP contribution in [0.3, 0.4) is 0 Å². The van der Waals surface area contributed by atoms with Crippen molar-refractivity contribution in [1.29, 1.82) is 0 Å². The van der Waals surface area contributed by atoms with E-state index in [2.05, 4.69) is 5.32 Å². The molecule has 160 valence electrons. The lowest BCUT2D eigenvalue weighted by Crippen LogP contribution is -2.38. The van der Waals surface area contributed by atoms with E-state index in [0.717, 1.165) is 24.2 Å². The number of benzene rings is 1. The van der Waals surface area contributed by atoms with Crippen LogP contribution in [0.4, 0.5) is 5.69 Å². The standard InChI is InChI=1S/C21H25N3O5S/c25-19(14-24-20(26)17-9-2-3-10-18(17)21(24)27)22-15-7-6-8-16(13-15)30(28,29)23-11-4-1-5-12-23/h2-3,6-8,13,17-18H,1,4-5,9-12,14H2,(H,22,25)/t17-,18-/m1/s1. The number of sulfonamides is 1. The van der Waals surface area contributed by atoms with E-state index in [1.54, 1.807) is 12.1 Å². The monoisotopic (exact) mass is 431 g/mol. The summed E-state index contributed by atoms with van der Waals surface area (Å²) < 4.78 is 27.2. The molecule has 3 amide bonds. The molecule has 2 heterocycles. The third-order valence-corrected chi connectivity index (χ3v) is 7.87. The van der Waals surface area contributed by atoms with Gasteiger partial charge in [0.2, 0.25) is 27.7 Å². The predicted octanol–water partition coefficient (Wildman–Crippen LogP) is 1.75. The summed E-state index contributed by atoms with van der Waals surface area (Å²) in [6.45, 7) is 0.623. The van der Waals surface area contributed by atoms with Crippen LogP contribution in [0.25, 0.3) is 0 Å². The summed E-state index contributed by atoms with van der Waals surface area (Å²) in [6.07, 6.45) is 7.52. The fraction of sp³-hybridized carbons (Fsp3) is 0.476. The molecule has 0 saturated carbocycles. The van der Waals surface area contributed by atoms with Crippen LogP contribution in [0, 0.1) is 11.8 Å². The minimum atomic E-state index is -3.62. The van der Waals surface area contributed by atoms with Crippen molar-refractivity contribution in [3.8, 4) is 0 Å². The Morgan fingerprint density at radius 2 is 1.63 bits per heavy atom. The Hall–Kier alpha value is -2.52. The van der Waals surface area contributed by atoms with E-state index in [1.165, 1.54) is 16.4 Å². The van der Waals surface area contributed by atoms with Gasteiger partial charge in [-0.15, -0.1) is 0 Å². The molecule has 30 heavy (non-hydrogen) atoms. The third kappa shape index (κ3) is 3.91. The van der Waals surface area contributed by atoms with Crippen LogP contribution in [0.15, 0.2) is 41.3 Å². The highest BCUT2D eigenvalue weighted by Crippen LogP contribution is 2.34. The zero-order chi connectivity index (χ0) is 21.3. The van der Waals surface area contributed by atoms with Crippen molar-refractivity contribution in [2.24, 2.45) is 11.8 Å². The second-order valence-electron chi connectivity index (χ2n) is 7.96. The highest BCUT2D eigenvalue weighted by molar-refractivity contribution is 7.89. The van der Waals surface area contributed by atoms with Crippen molar-refractivity contribution in [2.45, 2.75) is 37.0 Å². The topological polar surface area (TPSA) is 104 Å². The number of anilines is 1. The highest BCUT2D eigenvalue weighted by Gasteiger charge is 2.47. The highest BCUT2D eigenvalue weighted by atomic mass is 32.2. The van der Waals surface area contributed by atoms with Crippen molar-refractivity contribution in [3.05, 3.63) is 36.4 Å². The number of hydrogen-bond acceptors (Lipinski definition) is 5. The molecule has 3 aliphatic rings. The molecule has 0 aromatic heterocycles. The lowest BCUT2D eigenvalue weighted by atomic mass is 9.85. The Bertz CT molecular complexity index is 972. The Labute approximate surface area is 176 Å². The third-order valence-electron chi connectivity index (χ3n) is 5.97. The summed E-state index contributed by atoms with van der Waals surface area (Å²) in [7, 11) is -3.62. The van der Waals surface area contributed by atoms with Crippen LogP contribution in [-0.4, -0.2) is 55.0 Å².